The summed E-state index contributed by atoms with van der Waals surface area (Å²) in [4.78, 5) is -0.0252. The molecule has 1 aromatic carbocycles. The minimum absolute atomic E-state index is 0.0215. The molecule has 0 aromatic heterocycles. The van der Waals surface area contributed by atoms with Crippen molar-refractivity contribution in [1.29, 1.82) is 5.26 Å². The molecule has 96 valence electrons. The van der Waals surface area contributed by atoms with Crippen molar-refractivity contribution >= 4 is 21.6 Å². The molecular formula is C12H13ClN2O2S. The van der Waals surface area contributed by atoms with Crippen LogP contribution in [0.25, 0.3) is 0 Å². The second-order valence-corrected chi connectivity index (χ2v) is 6.74. The molecule has 1 N–H and O–H groups in total. The maximum Gasteiger partial charge on any atom is 0.242 e. The van der Waals surface area contributed by atoms with Crippen LogP contribution >= 0.6 is 11.6 Å². The molecule has 0 unspecified atom stereocenters. The summed E-state index contributed by atoms with van der Waals surface area (Å²) in [5.41, 5.74) is 0.279. The Morgan fingerprint density at radius 3 is 2.67 bits per heavy atom. The molecule has 4 nitrogen and oxygen atoms in total. The highest BCUT2D eigenvalue weighted by molar-refractivity contribution is 7.89. The molecule has 0 saturated heterocycles. The van der Waals surface area contributed by atoms with Crippen LogP contribution in [0.4, 0.5) is 0 Å². The van der Waals surface area contributed by atoms with Crippen LogP contribution in [0.5, 0.6) is 0 Å². The van der Waals surface area contributed by atoms with Gasteiger partial charge in [0.05, 0.1) is 16.7 Å². The van der Waals surface area contributed by atoms with E-state index in [2.05, 4.69) is 11.6 Å². The molecule has 0 spiro atoms. The first kappa shape index (κ1) is 13.3. The quantitative estimate of drug-likeness (QED) is 0.926. The first-order chi connectivity index (χ1) is 8.42. The Kier molecular flexibility index (Phi) is 3.62. The normalized spacial score (nSPS) is 23.2. The Hall–Kier alpha value is -1.09. The number of sulfonamides is 1. The molecule has 0 amide bonds. The van der Waals surface area contributed by atoms with Crippen LogP contribution in [0.3, 0.4) is 0 Å². The fraction of sp³-hybridized carbons (Fsp3) is 0.417. The van der Waals surface area contributed by atoms with Gasteiger partial charge in [-0.2, -0.15) is 5.26 Å². The Balaban J connectivity index is 2.27. The van der Waals surface area contributed by atoms with Gasteiger partial charge < -0.3 is 0 Å². The lowest BCUT2D eigenvalue weighted by Crippen LogP contribution is -2.43. The van der Waals surface area contributed by atoms with E-state index in [-0.39, 0.29) is 21.5 Å². The third-order valence-corrected chi connectivity index (χ3v) is 5.05. The van der Waals surface area contributed by atoms with Crippen molar-refractivity contribution in [2.45, 2.75) is 30.7 Å². The summed E-state index contributed by atoms with van der Waals surface area (Å²) in [7, 11) is -3.64. The van der Waals surface area contributed by atoms with E-state index in [0.29, 0.717) is 5.92 Å². The Bertz CT molecular complexity index is 601. The molecule has 18 heavy (non-hydrogen) atoms. The zero-order chi connectivity index (χ0) is 13.3. The smallest absolute Gasteiger partial charge is 0.208 e. The average molecular weight is 285 g/mol. The third-order valence-electron chi connectivity index (χ3n) is 3.05. The van der Waals surface area contributed by atoms with Gasteiger partial charge in [-0.05, 0) is 37.0 Å². The maximum absolute atomic E-state index is 12.1. The summed E-state index contributed by atoms with van der Waals surface area (Å²) < 4.78 is 26.9. The monoisotopic (exact) mass is 284 g/mol. The van der Waals surface area contributed by atoms with Gasteiger partial charge in [-0.3, -0.25) is 0 Å². The van der Waals surface area contributed by atoms with Crippen LogP contribution in [-0.4, -0.2) is 14.5 Å². The molecule has 1 aliphatic rings. The fourth-order valence-electron chi connectivity index (χ4n) is 2.06. The molecule has 0 aliphatic heterocycles. The standard InChI is InChI=1S/C12H13ClN2O2S/c1-8-4-10(5-8)15-18(16,17)12-6-9(7-14)2-3-11(12)13/h2-3,6,8,10,15H,4-5H2,1H3. The Morgan fingerprint density at radius 2 is 2.11 bits per heavy atom. The van der Waals surface area contributed by atoms with Crippen LogP contribution in [0.2, 0.25) is 5.02 Å². The van der Waals surface area contributed by atoms with Gasteiger partial charge in [-0.15, -0.1) is 0 Å². The fourth-order valence-corrected chi connectivity index (χ4v) is 3.85. The van der Waals surface area contributed by atoms with Crippen molar-refractivity contribution in [1.82, 2.24) is 4.72 Å². The first-order valence-corrected chi connectivity index (χ1v) is 7.50. The zero-order valence-corrected chi connectivity index (χ0v) is 11.4. The van der Waals surface area contributed by atoms with Gasteiger partial charge in [-0.25, -0.2) is 13.1 Å². The molecule has 1 aliphatic carbocycles. The largest absolute Gasteiger partial charge is 0.242 e. The molecular weight excluding hydrogens is 272 g/mol. The molecule has 1 aromatic rings. The van der Waals surface area contributed by atoms with E-state index >= 15 is 0 Å². The molecule has 0 bridgehead atoms. The highest BCUT2D eigenvalue weighted by atomic mass is 35.5. The summed E-state index contributed by atoms with van der Waals surface area (Å²) in [5.74, 6) is 0.554. The van der Waals surface area contributed by atoms with Crippen molar-refractivity contribution in [3.05, 3.63) is 28.8 Å². The molecule has 1 saturated carbocycles. The highest BCUT2D eigenvalue weighted by Gasteiger charge is 2.30. The number of halogens is 1. The van der Waals surface area contributed by atoms with Crippen molar-refractivity contribution in [2.75, 3.05) is 0 Å². The van der Waals surface area contributed by atoms with Crippen molar-refractivity contribution in [3.8, 4) is 6.07 Å². The number of hydrogen-bond acceptors (Lipinski definition) is 3. The molecule has 0 atom stereocenters. The number of benzene rings is 1. The number of nitrogens with one attached hydrogen (secondary N) is 1. The molecule has 2 rings (SSSR count). The van der Waals surface area contributed by atoms with Gasteiger partial charge in [0.2, 0.25) is 10.0 Å². The van der Waals surface area contributed by atoms with Gasteiger partial charge in [0.15, 0.2) is 0 Å². The summed E-state index contributed by atoms with van der Waals surface area (Å²) >= 11 is 5.88. The predicted octanol–water partition coefficient (Wildman–Crippen LogP) is 2.29. The number of rotatable bonds is 3. The van der Waals surface area contributed by atoms with E-state index in [0.717, 1.165) is 12.8 Å². The summed E-state index contributed by atoms with van der Waals surface area (Å²) in [6.07, 6.45) is 1.68. The van der Waals surface area contributed by atoms with Crippen LogP contribution < -0.4 is 4.72 Å². The van der Waals surface area contributed by atoms with E-state index < -0.39 is 10.0 Å². The average Bonchev–Trinajstić information content (AvgIpc) is 2.27. The lowest BCUT2D eigenvalue weighted by atomic mass is 9.83. The number of hydrogen-bond donors (Lipinski definition) is 1. The van der Waals surface area contributed by atoms with Crippen LogP contribution in [0.15, 0.2) is 23.1 Å². The van der Waals surface area contributed by atoms with E-state index in [1.807, 2.05) is 6.07 Å². The minimum Gasteiger partial charge on any atom is -0.208 e. The topological polar surface area (TPSA) is 70.0 Å². The molecule has 0 radical (unpaired) electrons. The second kappa shape index (κ2) is 4.88. The van der Waals surface area contributed by atoms with Gasteiger partial charge in [0, 0.05) is 6.04 Å². The molecule has 1 fully saturated rings. The maximum atomic E-state index is 12.1. The molecule has 6 heteroatoms. The highest BCUT2D eigenvalue weighted by Crippen LogP contribution is 2.29. The summed E-state index contributed by atoms with van der Waals surface area (Å²) in [5, 5.41) is 8.92. The van der Waals surface area contributed by atoms with Gasteiger partial charge in [0.25, 0.3) is 0 Å². The van der Waals surface area contributed by atoms with Crippen LogP contribution in [0.1, 0.15) is 25.3 Å². The SMILES string of the molecule is CC1CC(NS(=O)(=O)c2cc(C#N)ccc2Cl)C1. The van der Waals surface area contributed by atoms with Gasteiger partial charge in [-0.1, -0.05) is 18.5 Å². The van der Waals surface area contributed by atoms with Crippen LogP contribution in [-0.2, 0) is 10.0 Å². The number of nitriles is 1. The van der Waals surface area contributed by atoms with Crippen molar-refractivity contribution < 1.29 is 8.42 Å². The lowest BCUT2D eigenvalue weighted by molar-refractivity contribution is 0.270. The molecule has 0 heterocycles. The Labute approximate surface area is 112 Å². The summed E-state index contributed by atoms with van der Waals surface area (Å²) in [6.45, 7) is 2.08. The number of nitrogens with zero attached hydrogens (tertiary/aromatic N) is 1. The van der Waals surface area contributed by atoms with E-state index in [1.165, 1.54) is 18.2 Å². The Morgan fingerprint density at radius 1 is 1.44 bits per heavy atom. The van der Waals surface area contributed by atoms with Crippen molar-refractivity contribution in [3.63, 3.8) is 0 Å². The van der Waals surface area contributed by atoms with Gasteiger partial charge in [0.1, 0.15) is 4.90 Å². The lowest BCUT2D eigenvalue weighted by Gasteiger charge is -2.32. The van der Waals surface area contributed by atoms with Gasteiger partial charge >= 0.3 is 0 Å². The predicted molar refractivity (Wildman–Crippen MR) is 68.7 cm³/mol. The van der Waals surface area contributed by atoms with E-state index in [9.17, 15) is 8.42 Å². The second-order valence-electron chi connectivity index (χ2n) is 4.65. The first-order valence-electron chi connectivity index (χ1n) is 5.64. The van der Waals surface area contributed by atoms with E-state index in [1.54, 1.807) is 0 Å². The minimum atomic E-state index is -3.64. The summed E-state index contributed by atoms with van der Waals surface area (Å²) in [6, 6.07) is 6.10. The van der Waals surface area contributed by atoms with Crippen LogP contribution in [0, 0.1) is 17.2 Å². The zero-order valence-electron chi connectivity index (χ0n) is 9.85. The third kappa shape index (κ3) is 2.66. The van der Waals surface area contributed by atoms with Crippen molar-refractivity contribution in [2.24, 2.45) is 5.92 Å². The van der Waals surface area contributed by atoms with E-state index in [4.69, 9.17) is 16.9 Å².